The second kappa shape index (κ2) is 13.1. The first kappa shape index (κ1) is 28.4. The molecule has 5 aromatic carbocycles. The zero-order valence-corrected chi connectivity index (χ0v) is 31.5. The summed E-state index contributed by atoms with van der Waals surface area (Å²) in [6.45, 7) is 10.2. The van der Waals surface area contributed by atoms with E-state index in [2.05, 4.69) is 112 Å². The number of aryl methyl sites for hydroxylation is 2. The van der Waals surface area contributed by atoms with Crippen LogP contribution in [0.25, 0.3) is 72.6 Å². The third-order valence-corrected chi connectivity index (χ3v) is 10.2. The lowest BCUT2D eigenvalue weighted by Crippen LogP contribution is -2.11. The molecule has 0 aliphatic carbocycles. The van der Waals surface area contributed by atoms with Crippen molar-refractivity contribution in [3.05, 3.63) is 131 Å². The number of benzene rings is 5. The van der Waals surface area contributed by atoms with Crippen LogP contribution >= 0.6 is 0 Å². The first-order valence-corrected chi connectivity index (χ1v) is 18.3. The molecule has 0 saturated carbocycles. The molecule has 0 atom stereocenters. The number of rotatable bonds is 6. The van der Waals surface area contributed by atoms with Crippen molar-refractivity contribution in [3.8, 4) is 45.7 Å². The molecule has 6 heteroatoms. The third kappa shape index (κ3) is 5.94. The van der Waals surface area contributed by atoms with E-state index in [4.69, 9.17) is 17.6 Å². The Hall–Kier alpha value is -6.06. The van der Waals surface area contributed by atoms with Crippen molar-refractivity contribution in [2.75, 3.05) is 0 Å². The van der Waals surface area contributed by atoms with E-state index in [9.17, 15) is 5.26 Å². The second-order valence-corrected chi connectivity index (χ2v) is 15.7. The van der Waals surface area contributed by atoms with Crippen molar-refractivity contribution in [1.82, 2.24) is 19.5 Å². The summed E-state index contributed by atoms with van der Waals surface area (Å²) in [6, 6.07) is 33.8. The monoisotopic (exact) mass is 713 g/mol. The molecule has 0 radical (unpaired) electrons. The van der Waals surface area contributed by atoms with E-state index in [0.717, 1.165) is 33.9 Å². The largest absolute Gasteiger partial charge is 0.455 e. The van der Waals surface area contributed by atoms with Crippen LogP contribution in [-0.2, 0) is 5.41 Å². The average molecular weight is 714 g/mol. The van der Waals surface area contributed by atoms with Gasteiger partial charge in [0, 0.05) is 35.9 Å². The van der Waals surface area contributed by atoms with Crippen molar-refractivity contribution in [2.45, 2.75) is 79.4 Å². The first-order chi connectivity index (χ1) is 28.2. The van der Waals surface area contributed by atoms with E-state index >= 15 is 0 Å². The Labute approximate surface area is 325 Å². The van der Waals surface area contributed by atoms with Gasteiger partial charge < -0.3 is 4.42 Å². The summed E-state index contributed by atoms with van der Waals surface area (Å²) in [7, 11) is 0. The molecule has 6 nitrogen and oxygen atoms in total. The number of imidazole rings is 1. The molecule has 0 saturated heterocycles. The van der Waals surface area contributed by atoms with Gasteiger partial charge in [0.05, 0.1) is 33.9 Å². The highest BCUT2D eigenvalue weighted by molar-refractivity contribution is 6.12. The second-order valence-electron chi connectivity index (χ2n) is 15.7. The summed E-state index contributed by atoms with van der Waals surface area (Å²) in [6.07, 6.45) is 0. The summed E-state index contributed by atoms with van der Waals surface area (Å²) >= 11 is 0. The lowest BCUT2D eigenvalue weighted by atomic mass is 9.85. The molecule has 0 aliphatic rings. The van der Waals surface area contributed by atoms with Crippen molar-refractivity contribution >= 4 is 33.0 Å². The summed E-state index contributed by atoms with van der Waals surface area (Å²) < 4.78 is 56.8. The third-order valence-electron chi connectivity index (χ3n) is 10.2. The Morgan fingerprint density at radius 2 is 1.43 bits per heavy atom. The Morgan fingerprint density at radius 1 is 0.741 bits per heavy atom. The van der Waals surface area contributed by atoms with E-state index in [0.29, 0.717) is 33.3 Å². The van der Waals surface area contributed by atoms with Gasteiger partial charge in [0.25, 0.3) is 0 Å². The van der Waals surface area contributed by atoms with Crippen LogP contribution in [-0.4, -0.2) is 19.5 Å². The zero-order chi connectivity index (χ0) is 43.1. The minimum absolute atomic E-state index is 0.0434. The Morgan fingerprint density at radius 3 is 2.06 bits per heavy atom. The highest BCUT2D eigenvalue weighted by Gasteiger charge is 2.26. The molecular weight excluding hydrogens is 663 g/mol. The van der Waals surface area contributed by atoms with Gasteiger partial charge >= 0.3 is 0 Å². The molecule has 0 spiro atoms. The van der Waals surface area contributed by atoms with Gasteiger partial charge in [-0.3, -0.25) is 4.57 Å². The van der Waals surface area contributed by atoms with E-state index in [1.165, 1.54) is 16.7 Å². The number of nitrogens with zero attached hydrogens (tertiary/aromatic N) is 5. The molecule has 268 valence electrons. The van der Waals surface area contributed by atoms with Gasteiger partial charge in [-0.05, 0) is 107 Å². The smallest absolute Gasteiger partial charge is 0.159 e. The number of para-hydroxylation sites is 3. The minimum Gasteiger partial charge on any atom is -0.455 e. The van der Waals surface area contributed by atoms with Crippen molar-refractivity contribution < 1.29 is 12.6 Å². The van der Waals surface area contributed by atoms with Crippen LogP contribution in [0.15, 0.2) is 101 Å². The lowest BCUT2D eigenvalue weighted by Gasteiger charge is -2.25. The molecule has 3 aromatic heterocycles. The fourth-order valence-corrected chi connectivity index (χ4v) is 7.48. The van der Waals surface area contributed by atoms with Gasteiger partial charge in [-0.1, -0.05) is 97.0 Å². The quantitative estimate of drug-likeness (QED) is 0.171. The van der Waals surface area contributed by atoms with E-state index in [1.54, 1.807) is 12.1 Å². The maximum Gasteiger partial charge on any atom is 0.159 e. The Balaban J connectivity index is 1.38. The molecular formula is C48H45N5O. The van der Waals surface area contributed by atoms with E-state index < -0.39 is 25.1 Å². The number of furan rings is 1. The molecule has 3 heterocycles. The maximum atomic E-state index is 10.5. The normalized spacial score (nSPS) is 14.2. The van der Waals surface area contributed by atoms with Gasteiger partial charge in [0.2, 0.25) is 0 Å². The molecule has 0 unspecified atom stereocenters. The van der Waals surface area contributed by atoms with E-state index in [1.807, 2.05) is 36.4 Å². The predicted octanol–water partition coefficient (Wildman–Crippen LogP) is 12.7. The SMILES string of the molecule is [2H]C([2H])([2H])c1cc(C([2H])([2H])[2H])nc(-c2cc(C#N)c3c(c2)oc2c(-c4nc5ccccc5n4-c4c(C(C)C)cc(-c5ccc(C(C)(C)C)cc5)cc4C(C)C)cccc23)n1. The van der Waals surface area contributed by atoms with Gasteiger partial charge in [0.1, 0.15) is 17.0 Å². The van der Waals surface area contributed by atoms with Crippen molar-refractivity contribution in [3.63, 3.8) is 0 Å². The molecule has 8 rings (SSSR count). The molecule has 8 aromatic rings. The molecule has 0 fully saturated rings. The van der Waals surface area contributed by atoms with Gasteiger partial charge in [-0.25, -0.2) is 15.0 Å². The summed E-state index contributed by atoms with van der Waals surface area (Å²) in [4.78, 5) is 13.8. The van der Waals surface area contributed by atoms with Gasteiger partial charge in [-0.2, -0.15) is 5.26 Å². The predicted molar refractivity (Wildman–Crippen MR) is 221 cm³/mol. The minimum atomic E-state index is -2.69. The number of fused-ring (bicyclic) bond motifs is 4. The Bertz CT molecular complexity index is 2950. The van der Waals surface area contributed by atoms with Gasteiger partial charge in [0.15, 0.2) is 5.82 Å². The molecule has 0 aliphatic heterocycles. The summed E-state index contributed by atoms with van der Waals surface area (Å²) in [5.74, 6) is 0.833. The highest BCUT2D eigenvalue weighted by Crippen LogP contribution is 2.43. The molecule has 0 N–H and O–H groups in total. The topological polar surface area (TPSA) is 80.5 Å². The first-order valence-electron chi connectivity index (χ1n) is 21.3. The van der Waals surface area contributed by atoms with Crippen molar-refractivity contribution in [1.29, 1.82) is 5.26 Å². The number of aromatic nitrogens is 4. The van der Waals surface area contributed by atoms with Crippen LogP contribution in [0.2, 0.25) is 0 Å². The molecule has 54 heavy (non-hydrogen) atoms. The fourth-order valence-electron chi connectivity index (χ4n) is 7.48. The number of hydrogen-bond donors (Lipinski definition) is 0. The van der Waals surface area contributed by atoms with Crippen LogP contribution in [0.1, 0.15) is 102 Å². The van der Waals surface area contributed by atoms with E-state index in [-0.39, 0.29) is 34.2 Å². The number of nitriles is 1. The van der Waals surface area contributed by atoms with Crippen LogP contribution in [0.5, 0.6) is 0 Å². The van der Waals surface area contributed by atoms with Crippen LogP contribution in [0, 0.1) is 25.0 Å². The lowest BCUT2D eigenvalue weighted by molar-refractivity contribution is 0.590. The molecule has 0 bridgehead atoms. The fraction of sp³-hybridized carbons (Fsp3) is 0.250. The van der Waals surface area contributed by atoms with Crippen molar-refractivity contribution in [2.24, 2.45) is 0 Å². The van der Waals surface area contributed by atoms with Crippen LogP contribution in [0.3, 0.4) is 0 Å². The maximum absolute atomic E-state index is 10.5. The van der Waals surface area contributed by atoms with Crippen LogP contribution in [0.4, 0.5) is 0 Å². The summed E-state index contributed by atoms with van der Waals surface area (Å²) in [5.41, 5.74) is 9.99. The highest BCUT2D eigenvalue weighted by atomic mass is 16.3. The zero-order valence-electron chi connectivity index (χ0n) is 37.5. The molecule has 0 amide bonds. The Kier molecular flexibility index (Phi) is 6.90. The number of hydrogen-bond acceptors (Lipinski definition) is 5. The summed E-state index contributed by atoms with van der Waals surface area (Å²) in [5, 5.41) is 11.8. The standard InChI is InChI=1S/C48H45N5O/c1-27(2)38-23-32(31-17-19-35(20-18-31)48(7,8)9)24-39(28(3)4)44(38)53-41-16-11-10-15-40(41)52-47(53)37-14-12-13-36-43-34(26-49)22-33(25-42(43)54-45(36)37)46-50-29(5)21-30(6)51-46/h10-25,27-28H,1-9H3/i5D3,6D3. The average Bonchev–Trinajstić information content (AvgIpc) is 3.77. The van der Waals surface area contributed by atoms with Gasteiger partial charge in [-0.15, -0.1) is 0 Å². The van der Waals surface area contributed by atoms with Crippen LogP contribution < -0.4 is 0 Å².